The van der Waals surface area contributed by atoms with E-state index in [9.17, 15) is 0 Å². The first-order chi connectivity index (χ1) is 7.10. The molecule has 1 N–H and O–H groups in total. The summed E-state index contributed by atoms with van der Waals surface area (Å²) >= 11 is 3.57. The van der Waals surface area contributed by atoms with Gasteiger partial charge in [0.2, 0.25) is 0 Å². The summed E-state index contributed by atoms with van der Waals surface area (Å²) in [5.41, 5.74) is 4.10. The zero-order valence-corrected chi connectivity index (χ0v) is 11.6. The monoisotopic (exact) mass is 269 g/mol. The Bertz CT molecular complexity index is 334. The third-order valence-electron chi connectivity index (χ3n) is 2.85. The van der Waals surface area contributed by atoms with Crippen molar-refractivity contribution in [3.8, 4) is 0 Å². The number of hydrogen-bond donors (Lipinski definition) is 1. The predicted molar refractivity (Wildman–Crippen MR) is 70.3 cm³/mol. The first kappa shape index (κ1) is 12.7. The van der Waals surface area contributed by atoms with Gasteiger partial charge in [0.1, 0.15) is 0 Å². The van der Waals surface area contributed by atoms with Crippen LogP contribution in [0.3, 0.4) is 0 Å². The molecule has 0 aliphatic rings. The quantitative estimate of drug-likeness (QED) is 0.867. The predicted octanol–water partition coefficient (Wildman–Crippen LogP) is 4.13. The van der Waals surface area contributed by atoms with Crippen molar-refractivity contribution in [1.82, 2.24) is 5.32 Å². The highest BCUT2D eigenvalue weighted by atomic mass is 79.9. The van der Waals surface area contributed by atoms with Crippen LogP contribution in [0.5, 0.6) is 0 Å². The zero-order valence-electron chi connectivity index (χ0n) is 10.0. The Labute approximate surface area is 101 Å². The SMILES string of the molecule is CCCC(NC)c1cc(C)c(Br)cc1C. The summed E-state index contributed by atoms with van der Waals surface area (Å²) in [4.78, 5) is 0. The Hall–Kier alpha value is -0.340. The molecule has 0 spiro atoms. The van der Waals surface area contributed by atoms with Crippen molar-refractivity contribution < 1.29 is 0 Å². The normalized spacial score (nSPS) is 12.9. The van der Waals surface area contributed by atoms with Crippen LogP contribution in [0.25, 0.3) is 0 Å². The van der Waals surface area contributed by atoms with Crippen LogP contribution in [0.4, 0.5) is 0 Å². The van der Waals surface area contributed by atoms with Gasteiger partial charge in [-0.05, 0) is 50.1 Å². The van der Waals surface area contributed by atoms with Crippen molar-refractivity contribution in [2.75, 3.05) is 7.05 Å². The minimum atomic E-state index is 0.488. The molecule has 2 heteroatoms. The van der Waals surface area contributed by atoms with Gasteiger partial charge in [0.05, 0.1) is 0 Å². The highest BCUT2D eigenvalue weighted by Crippen LogP contribution is 2.27. The summed E-state index contributed by atoms with van der Waals surface area (Å²) in [7, 11) is 2.04. The molecule has 0 amide bonds. The van der Waals surface area contributed by atoms with Crippen molar-refractivity contribution in [2.24, 2.45) is 0 Å². The molecular weight excluding hydrogens is 250 g/mol. The lowest BCUT2D eigenvalue weighted by atomic mass is 9.96. The molecule has 1 aromatic rings. The van der Waals surface area contributed by atoms with E-state index in [1.54, 1.807) is 0 Å². The lowest BCUT2D eigenvalue weighted by molar-refractivity contribution is 0.539. The second-order valence-corrected chi connectivity index (χ2v) is 4.94. The number of nitrogens with one attached hydrogen (secondary N) is 1. The van der Waals surface area contributed by atoms with E-state index in [4.69, 9.17) is 0 Å². The molecule has 0 radical (unpaired) electrons. The molecule has 0 bridgehead atoms. The second-order valence-electron chi connectivity index (χ2n) is 4.09. The van der Waals surface area contributed by atoms with E-state index >= 15 is 0 Å². The summed E-state index contributed by atoms with van der Waals surface area (Å²) < 4.78 is 1.20. The zero-order chi connectivity index (χ0) is 11.4. The van der Waals surface area contributed by atoms with Crippen LogP contribution in [0.1, 0.15) is 42.5 Å². The summed E-state index contributed by atoms with van der Waals surface area (Å²) in [5, 5.41) is 3.39. The van der Waals surface area contributed by atoms with E-state index in [2.05, 4.69) is 54.2 Å². The summed E-state index contributed by atoms with van der Waals surface area (Å²) in [6, 6.07) is 4.99. The molecule has 84 valence electrons. The maximum atomic E-state index is 3.57. The molecule has 0 heterocycles. The Morgan fingerprint density at radius 1 is 1.27 bits per heavy atom. The number of halogens is 1. The van der Waals surface area contributed by atoms with Crippen LogP contribution in [0, 0.1) is 13.8 Å². The Balaban J connectivity index is 3.06. The summed E-state index contributed by atoms with van der Waals surface area (Å²) in [5.74, 6) is 0. The van der Waals surface area contributed by atoms with E-state index < -0.39 is 0 Å². The number of benzene rings is 1. The minimum absolute atomic E-state index is 0.488. The molecule has 0 aromatic heterocycles. The lowest BCUT2D eigenvalue weighted by Gasteiger charge is -2.19. The molecule has 1 nitrogen and oxygen atoms in total. The molecule has 0 aliphatic heterocycles. The standard InChI is InChI=1S/C13H20BrN/c1-5-6-13(15-4)11-7-10(3)12(14)8-9(11)2/h7-8,13,15H,5-6H2,1-4H3. The highest BCUT2D eigenvalue weighted by molar-refractivity contribution is 9.10. The van der Waals surface area contributed by atoms with Gasteiger partial charge in [-0.15, -0.1) is 0 Å². The van der Waals surface area contributed by atoms with Gasteiger partial charge in [-0.25, -0.2) is 0 Å². The highest BCUT2D eigenvalue weighted by Gasteiger charge is 2.11. The van der Waals surface area contributed by atoms with Crippen LogP contribution >= 0.6 is 15.9 Å². The smallest absolute Gasteiger partial charge is 0.0320 e. The van der Waals surface area contributed by atoms with Crippen molar-refractivity contribution in [3.05, 3.63) is 33.3 Å². The first-order valence-electron chi connectivity index (χ1n) is 5.54. The summed E-state index contributed by atoms with van der Waals surface area (Å²) in [6.07, 6.45) is 2.40. The fourth-order valence-corrected chi connectivity index (χ4v) is 2.38. The molecular formula is C13H20BrN. The van der Waals surface area contributed by atoms with Crippen molar-refractivity contribution >= 4 is 15.9 Å². The molecule has 1 unspecified atom stereocenters. The molecule has 1 aromatic carbocycles. The average Bonchev–Trinajstić information content (AvgIpc) is 2.20. The van der Waals surface area contributed by atoms with Gasteiger partial charge in [-0.2, -0.15) is 0 Å². The molecule has 0 aliphatic carbocycles. The van der Waals surface area contributed by atoms with Gasteiger partial charge in [0.25, 0.3) is 0 Å². The third-order valence-corrected chi connectivity index (χ3v) is 3.70. The van der Waals surface area contributed by atoms with Crippen molar-refractivity contribution in [2.45, 2.75) is 39.7 Å². The average molecular weight is 270 g/mol. The van der Waals surface area contributed by atoms with E-state index in [1.165, 1.54) is 34.0 Å². The third kappa shape index (κ3) is 3.05. The fraction of sp³-hybridized carbons (Fsp3) is 0.538. The fourth-order valence-electron chi connectivity index (χ4n) is 1.92. The van der Waals surface area contributed by atoms with Crippen molar-refractivity contribution in [3.63, 3.8) is 0 Å². The lowest BCUT2D eigenvalue weighted by Crippen LogP contribution is -2.17. The van der Waals surface area contributed by atoms with Crippen molar-refractivity contribution in [1.29, 1.82) is 0 Å². The minimum Gasteiger partial charge on any atom is -0.313 e. The Morgan fingerprint density at radius 2 is 1.93 bits per heavy atom. The number of aryl methyl sites for hydroxylation is 2. The number of rotatable bonds is 4. The maximum absolute atomic E-state index is 3.57. The number of hydrogen-bond acceptors (Lipinski definition) is 1. The van der Waals surface area contributed by atoms with E-state index in [0.717, 1.165) is 0 Å². The van der Waals surface area contributed by atoms with Gasteiger partial charge < -0.3 is 5.32 Å². The van der Waals surface area contributed by atoms with E-state index in [1.807, 2.05) is 7.05 Å². The first-order valence-corrected chi connectivity index (χ1v) is 6.33. The van der Waals surface area contributed by atoms with Gasteiger partial charge in [-0.1, -0.05) is 35.3 Å². The molecule has 0 fully saturated rings. The van der Waals surface area contributed by atoms with Gasteiger partial charge in [0, 0.05) is 10.5 Å². The second kappa shape index (κ2) is 5.66. The largest absolute Gasteiger partial charge is 0.313 e. The maximum Gasteiger partial charge on any atom is 0.0320 e. The van der Waals surface area contributed by atoms with Crippen LogP contribution < -0.4 is 5.32 Å². The van der Waals surface area contributed by atoms with E-state index in [-0.39, 0.29) is 0 Å². The summed E-state index contributed by atoms with van der Waals surface area (Å²) in [6.45, 7) is 6.55. The van der Waals surface area contributed by atoms with Gasteiger partial charge >= 0.3 is 0 Å². The Morgan fingerprint density at radius 3 is 2.47 bits per heavy atom. The Kier molecular flexibility index (Phi) is 4.81. The topological polar surface area (TPSA) is 12.0 Å². The molecule has 0 saturated carbocycles. The van der Waals surface area contributed by atoms with Crippen LogP contribution in [-0.4, -0.2) is 7.05 Å². The van der Waals surface area contributed by atoms with Gasteiger partial charge in [-0.3, -0.25) is 0 Å². The van der Waals surface area contributed by atoms with Crippen LogP contribution in [-0.2, 0) is 0 Å². The van der Waals surface area contributed by atoms with E-state index in [0.29, 0.717) is 6.04 Å². The molecule has 0 saturated heterocycles. The molecule has 1 atom stereocenters. The van der Waals surface area contributed by atoms with Crippen LogP contribution in [0.2, 0.25) is 0 Å². The molecule has 15 heavy (non-hydrogen) atoms. The van der Waals surface area contributed by atoms with Crippen LogP contribution in [0.15, 0.2) is 16.6 Å². The molecule has 1 rings (SSSR count). The van der Waals surface area contributed by atoms with Gasteiger partial charge in [0.15, 0.2) is 0 Å².